The predicted octanol–water partition coefficient (Wildman–Crippen LogP) is 1.50. The smallest absolute Gasteiger partial charge is 0.289 e. The Morgan fingerprint density at radius 3 is 3.00 bits per heavy atom. The molecular weight excluding hydrogens is 390 g/mol. The molecule has 2 aliphatic heterocycles. The van der Waals surface area contributed by atoms with Crippen LogP contribution in [0.4, 0.5) is 0 Å². The molecule has 0 aromatic carbocycles. The van der Waals surface area contributed by atoms with Crippen molar-refractivity contribution >= 4 is 27.3 Å². The minimum atomic E-state index is -3.45. The number of fused-ring (bicyclic) bond motifs is 1. The fourth-order valence-electron chi connectivity index (χ4n) is 3.84. The average Bonchev–Trinajstić information content (AvgIpc) is 3.40. The fourth-order valence-corrected chi connectivity index (χ4v) is 6.90. The molecule has 2 aromatic rings. The molecule has 4 heterocycles. The molecule has 8 nitrogen and oxygen atoms in total. The van der Waals surface area contributed by atoms with Gasteiger partial charge < -0.3 is 14.6 Å². The average molecular weight is 412 g/mol. The second kappa shape index (κ2) is 7.34. The standard InChI is InChI=1S/C17H21N3O5S2/c1-11-4-7-26-17(11)27(22,23)20-6-3-13-12(9-20)10-24-15(13)8-18-16(21)14-2-5-19-25-14/h2,4-5,7,12-13,15H,3,6,8-10H2,1H3,(H,18,21)/t12-,13-,15+/m1/s1. The normalized spacial score (nSPS) is 26.0. The molecule has 10 heteroatoms. The van der Waals surface area contributed by atoms with Gasteiger partial charge in [-0.3, -0.25) is 4.79 Å². The van der Waals surface area contributed by atoms with E-state index in [0.29, 0.717) is 30.5 Å². The van der Waals surface area contributed by atoms with Crippen LogP contribution in [-0.2, 0) is 14.8 Å². The maximum atomic E-state index is 12.9. The zero-order valence-electron chi connectivity index (χ0n) is 14.8. The number of piperidine rings is 1. The van der Waals surface area contributed by atoms with E-state index in [0.717, 1.165) is 12.0 Å². The summed E-state index contributed by atoms with van der Waals surface area (Å²) in [5, 5.41) is 8.13. The van der Waals surface area contributed by atoms with Crippen LogP contribution < -0.4 is 5.32 Å². The number of nitrogens with zero attached hydrogens (tertiary/aromatic N) is 2. The Balaban J connectivity index is 1.37. The van der Waals surface area contributed by atoms with E-state index in [2.05, 4.69) is 10.5 Å². The van der Waals surface area contributed by atoms with Crippen LogP contribution >= 0.6 is 11.3 Å². The highest BCUT2D eigenvalue weighted by Crippen LogP contribution is 2.37. The Morgan fingerprint density at radius 2 is 2.30 bits per heavy atom. The molecular formula is C17H21N3O5S2. The summed E-state index contributed by atoms with van der Waals surface area (Å²) in [6, 6.07) is 3.33. The van der Waals surface area contributed by atoms with Crippen LogP contribution in [0.25, 0.3) is 0 Å². The van der Waals surface area contributed by atoms with Crippen LogP contribution in [-0.4, -0.2) is 56.1 Å². The zero-order chi connectivity index (χ0) is 19.0. The highest BCUT2D eigenvalue weighted by molar-refractivity contribution is 7.91. The molecule has 0 unspecified atom stereocenters. The summed E-state index contributed by atoms with van der Waals surface area (Å²) in [6.07, 6.45) is 2.02. The van der Waals surface area contributed by atoms with Crippen molar-refractivity contribution in [1.82, 2.24) is 14.8 Å². The van der Waals surface area contributed by atoms with Crippen LogP contribution in [0.3, 0.4) is 0 Å². The maximum Gasteiger partial charge on any atom is 0.289 e. The number of thiophene rings is 1. The van der Waals surface area contributed by atoms with Crippen LogP contribution in [0.15, 0.2) is 32.4 Å². The summed E-state index contributed by atoms with van der Waals surface area (Å²) < 4.78 is 38.5. The van der Waals surface area contributed by atoms with Crippen LogP contribution in [0.5, 0.6) is 0 Å². The van der Waals surface area contributed by atoms with Crippen molar-refractivity contribution in [2.24, 2.45) is 11.8 Å². The maximum absolute atomic E-state index is 12.9. The number of rotatable bonds is 5. The van der Waals surface area contributed by atoms with Gasteiger partial charge in [-0.25, -0.2) is 8.42 Å². The Hall–Kier alpha value is -1.75. The van der Waals surface area contributed by atoms with E-state index < -0.39 is 10.0 Å². The SMILES string of the molecule is Cc1ccsc1S(=O)(=O)N1CC[C@@H]2[C@@H](CO[C@H]2CNC(=O)c2ccno2)C1. The molecule has 0 radical (unpaired) electrons. The number of amides is 1. The van der Waals surface area contributed by atoms with Gasteiger partial charge in [0.1, 0.15) is 4.21 Å². The summed E-state index contributed by atoms with van der Waals surface area (Å²) in [5.74, 6) is 0.210. The van der Waals surface area contributed by atoms with E-state index in [-0.39, 0.29) is 29.6 Å². The van der Waals surface area contributed by atoms with Crippen molar-refractivity contribution in [2.75, 3.05) is 26.2 Å². The molecule has 0 saturated carbocycles. The van der Waals surface area contributed by atoms with E-state index in [1.807, 2.05) is 13.0 Å². The van der Waals surface area contributed by atoms with Gasteiger partial charge in [-0.1, -0.05) is 5.16 Å². The van der Waals surface area contributed by atoms with E-state index in [9.17, 15) is 13.2 Å². The number of carbonyl (C=O) groups excluding carboxylic acids is 1. The number of ether oxygens (including phenoxy) is 1. The Bertz CT molecular complexity index is 909. The first-order valence-electron chi connectivity index (χ1n) is 8.81. The van der Waals surface area contributed by atoms with Gasteiger partial charge >= 0.3 is 0 Å². The fraction of sp³-hybridized carbons (Fsp3) is 0.529. The Morgan fingerprint density at radius 1 is 1.44 bits per heavy atom. The first-order chi connectivity index (χ1) is 13.0. The van der Waals surface area contributed by atoms with Gasteiger partial charge in [-0.05, 0) is 36.3 Å². The minimum Gasteiger partial charge on any atom is -0.376 e. The summed E-state index contributed by atoms with van der Waals surface area (Å²) in [7, 11) is -3.45. The third-order valence-corrected chi connectivity index (χ3v) is 8.80. The van der Waals surface area contributed by atoms with Gasteiger partial charge in [0.05, 0.1) is 18.9 Å². The van der Waals surface area contributed by atoms with Crippen molar-refractivity contribution in [3.8, 4) is 0 Å². The van der Waals surface area contributed by atoms with Crippen molar-refractivity contribution in [3.05, 3.63) is 35.0 Å². The molecule has 27 heavy (non-hydrogen) atoms. The molecule has 4 rings (SSSR count). The lowest BCUT2D eigenvalue weighted by molar-refractivity contribution is 0.0741. The molecule has 2 aromatic heterocycles. The van der Waals surface area contributed by atoms with E-state index in [1.54, 1.807) is 9.69 Å². The van der Waals surface area contributed by atoms with Gasteiger partial charge in [0.25, 0.3) is 15.9 Å². The topological polar surface area (TPSA) is 102 Å². The number of aromatic nitrogens is 1. The molecule has 2 aliphatic rings. The highest BCUT2D eigenvalue weighted by Gasteiger charge is 2.44. The summed E-state index contributed by atoms with van der Waals surface area (Å²) in [5.41, 5.74) is 0.790. The van der Waals surface area contributed by atoms with Gasteiger partial charge in [0, 0.05) is 31.6 Å². The number of nitrogens with one attached hydrogen (secondary N) is 1. The van der Waals surface area contributed by atoms with Crippen LogP contribution in [0.2, 0.25) is 0 Å². The minimum absolute atomic E-state index is 0.116. The molecule has 0 aliphatic carbocycles. The first-order valence-corrected chi connectivity index (χ1v) is 11.1. The summed E-state index contributed by atoms with van der Waals surface area (Å²) in [6.45, 7) is 3.62. The van der Waals surface area contributed by atoms with Crippen molar-refractivity contribution in [2.45, 2.75) is 23.7 Å². The van der Waals surface area contributed by atoms with Crippen LogP contribution in [0.1, 0.15) is 22.5 Å². The Labute approximate surface area is 161 Å². The molecule has 1 amide bonds. The van der Waals surface area contributed by atoms with Gasteiger partial charge in [-0.15, -0.1) is 11.3 Å². The van der Waals surface area contributed by atoms with Crippen molar-refractivity contribution in [1.29, 1.82) is 0 Å². The van der Waals surface area contributed by atoms with E-state index in [1.165, 1.54) is 23.6 Å². The molecule has 2 saturated heterocycles. The summed E-state index contributed by atoms with van der Waals surface area (Å²) in [4.78, 5) is 12.0. The molecule has 0 spiro atoms. The number of carbonyl (C=O) groups is 1. The van der Waals surface area contributed by atoms with Crippen LogP contribution in [0, 0.1) is 18.8 Å². The summed E-state index contributed by atoms with van der Waals surface area (Å²) >= 11 is 1.26. The third kappa shape index (κ3) is 3.54. The quantitative estimate of drug-likeness (QED) is 0.800. The van der Waals surface area contributed by atoms with Crippen molar-refractivity contribution < 1.29 is 22.5 Å². The lowest BCUT2D eigenvalue weighted by Gasteiger charge is -2.34. The largest absolute Gasteiger partial charge is 0.376 e. The monoisotopic (exact) mass is 411 g/mol. The highest BCUT2D eigenvalue weighted by atomic mass is 32.2. The lowest BCUT2D eigenvalue weighted by atomic mass is 9.85. The second-order valence-corrected chi connectivity index (χ2v) is 9.97. The van der Waals surface area contributed by atoms with Crippen molar-refractivity contribution in [3.63, 3.8) is 0 Å². The zero-order valence-corrected chi connectivity index (χ0v) is 16.5. The van der Waals surface area contributed by atoms with Gasteiger partial charge in [0.15, 0.2) is 0 Å². The number of hydrogen-bond acceptors (Lipinski definition) is 7. The lowest BCUT2D eigenvalue weighted by Crippen LogP contribution is -2.46. The van der Waals surface area contributed by atoms with E-state index >= 15 is 0 Å². The molecule has 146 valence electrons. The number of aryl methyl sites for hydroxylation is 1. The van der Waals surface area contributed by atoms with Gasteiger partial charge in [-0.2, -0.15) is 4.31 Å². The molecule has 3 atom stereocenters. The molecule has 2 fully saturated rings. The van der Waals surface area contributed by atoms with E-state index in [4.69, 9.17) is 9.26 Å². The predicted molar refractivity (Wildman–Crippen MR) is 98.0 cm³/mol. The first kappa shape index (κ1) is 18.6. The number of sulfonamides is 1. The Kier molecular flexibility index (Phi) is 5.06. The van der Waals surface area contributed by atoms with Gasteiger partial charge in [0.2, 0.25) is 5.76 Å². The molecule has 0 bridgehead atoms. The number of hydrogen-bond donors (Lipinski definition) is 1. The third-order valence-electron chi connectivity index (χ3n) is 5.27. The second-order valence-electron chi connectivity index (χ2n) is 6.93. The molecule has 1 N–H and O–H groups in total.